The van der Waals surface area contributed by atoms with Crippen LogP contribution in [-0.4, -0.2) is 24.6 Å². The van der Waals surface area contributed by atoms with Crippen molar-refractivity contribution in [3.05, 3.63) is 0 Å². The summed E-state index contributed by atoms with van der Waals surface area (Å²) in [6.45, 7) is 4.61. The molecule has 1 rings (SSSR count). The van der Waals surface area contributed by atoms with E-state index in [-0.39, 0.29) is 0 Å². The van der Waals surface area contributed by atoms with Crippen molar-refractivity contribution in [3.63, 3.8) is 0 Å². The molecule has 2 heteroatoms. The Hall–Kier alpha value is 0.310. The van der Waals surface area contributed by atoms with E-state index in [1.807, 2.05) is 0 Å². The lowest BCUT2D eigenvalue weighted by atomic mass is 10.1. The first kappa shape index (κ1) is 11.4. The lowest BCUT2D eigenvalue weighted by molar-refractivity contribution is 0.622. The van der Waals surface area contributed by atoms with E-state index in [0.29, 0.717) is 0 Å². The van der Waals surface area contributed by atoms with Crippen LogP contribution in [0.25, 0.3) is 0 Å². The molecular formula is C11H23NS. The van der Waals surface area contributed by atoms with Gasteiger partial charge in [0.15, 0.2) is 0 Å². The van der Waals surface area contributed by atoms with Crippen molar-refractivity contribution in [1.29, 1.82) is 0 Å². The summed E-state index contributed by atoms with van der Waals surface area (Å²) in [5.41, 5.74) is 0. The smallest absolute Gasteiger partial charge is 0.00582 e. The molecule has 0 unspecified atom stereocenters. The number of rotatable bonds is 7. The predicted octanol–water partition coefficient (Wildman–Crippen LogP) is 2.91. The van der Waals surface area contributed by atoms with E-state index in [2.05, 4.69) is 24.0 Å². The summed E-state index contributed by atoms with van der Waals surface area (Å²) in [6.07, 6.45) is 7.22. The summed E-state index contributed by atoms with van der Waals surface area (Å²) in [4.78, 5) is 0. The lowest BCUT2D eigenvalue weighted by Gasteiger charge is -2.08. The molecule has 1 nitrogen and oxygen atoms in total. The van der Waals surface area contributed by atoms with Crippen LogP contribution in [0.1, 0.15) is 39.0 Å². The molecule has 0 amide bonds. The van der Waals surface area contributed by atoms with E-state index >= 15 is 0 Å². The Morgan fingerprint density at radius 2 is 2.00 bits per heavy atom. The number of nitrogens with one attached hydrogen (secondary N) is 1. The second kappa shape index (κ2) is 7.69. The highest BCUT2D eigenvalue weighted by atomic mass is 32.2. The zero-order valence-corrected chi connectivity index (χ0v) is 9.67. The Kier molecular flexibility index (Phi) is 6.73. The molecule has 0 aromatic carbocycles. The highest BCUT2D eigenvalue weighted by Gasteiger charge is 2.13. The SMILES string of the molecule is CCCNCCSCC1CCCC1. The summed E-state index contributed by atoms with van der Waals surface area (Å²) >= 11 is 2.14. The third kappa shape index (κ3) is 5.58. The van der Waals surface area contributed by atoms with Crippen molar-refractivity contribution in [1.82, 2.24) is 5.32 Å². The Morgan fingerprint density at radius 3 is 2.69 bits per heavy atom. The van der Waals surface area contributed by atoms with Crippen LogP contribution < -0.4 is 5.32 Å². The molecule has 0 heterocycles. The number of hydrogen-bond acceptors (Lipinski definition) is 2. The largest absolute Gasteiger partial charge is 0.316 e. The third-order valence-electron chi connectivity index (χ3n) is 2.68. The average molecular weight is 201 g/mol. The molecule has 0 aromatic rings. The Bertz CT molecular complexity index is 111. The molecule has 1 saturated carbocycles. The number of thioether (sulfide) groups is 1. The van der Waals surface area contributed by atoms with E-state index < -0.39 is 0 Å². The van der Waals surface area contributed by atoms with Gasteiger partial charge in [0.25, 0.3) is 0 Å². The first-order valence-corrected chi connectivity index (χ1v) is 6.87. The van der Waals surface area contributed by atoms with E-state index in [1.165, 1.54) is 56.7 Å². The van der Waals surface area contributed by atoms with Gasteiger partial charge in [-0.05, 0) is 37.5 Å². The quantitative estimate of drug-likeness (QED) is 0.636. The molecule has 0 atom stereocenters. The lowest BCUT2D eigenvalue weighted by Crippen LogP contribution is -2.18. The van der Waals surface area contributed by atoms with Crippen molar-refractivity contribution in [2.24, 2.45) is 5.92 Å². The van der Waals surface area contributed by atoms with Gasteiger partial charge in [-0.15, -0.1) is 0 Å². The molecule has 0 bridgehead atoms. The molecule has 1 fully saturated rings. The fourth-order valence-electron chi connectivity index (χ4n) is 1.87. The molecule has 0 spiro atoms. The van der Waals surface area contributed by atoms with Crippen molar-refractivity contribution in [2.75, 3.05) is 24.6 Å². The van der Waals surface area contributed by atoms with Gasteiger partial charge in [-0.25, -0.2) is 0 Å². The number of hydrogen-bond donors (Lipinski definition) is 1. The van der Waals surface area contributed by atoms with E-state index in [9.17, 15) is 0 Å². The van der Waals surface area contributed by atoms with Crippen LogP contribution in [-0.2, 0) is 0 Å². The van der Waals surface area contributed by atoms with Gasteiger partial charge in [0.1, 0.15) is 0 Å². The maximum atomic E-state index is 3.44. The molecule has 78 valence electrons. The Balaban J connectivity index is 1.78. The average Bonchev–Trinajstić information content (AvgIpc) is 2.63. The van der Waals surface area contributed by atoms with E-state index in [4.69, 9.17) is 0 Å². The van der Waals surface area contributed by atoms with Gasteiger partial charge in [-0.1, -0.05) is 19.8 Å². The van der Waals surface area contributed by atoms with Gasteiger partial charge in [0.2, 0.25) is 0 Å². The zero-order chi connectivity index (χ0) is 9.36. The van der Waals surface area contributed by atoms with Crippen molar-refractivity contribution in [3.8, 4) is 0 Å². The Morgan fingerprint density at radius 1 is 1.23 bits per heavy atom. The van der Waals surface area contributed by atoms with Crippen LogP contribution in [0.3, 0.4) is 0 Å². The van der Waals surface area contributed by atoms with Crippen molar-refractivity contribution < 1.29 is 0 Å². The summed E-state index contributed by atoms with van der Waals surface area (Å²) < 4.78 is 0. The monoisotopic (exact) mass is 201 g/mol. The van der Waals surface area contributed by atoms with Crippen LogP contribution >= 0.6 is 11.8 Å². The molecule has 13 heavy (non-hydrogen) atoms. The van der Waals surface area contributed by atoms with E-state index in [0.717, 1.165) is 5.92 Å². The molecule has 0 saturated heterocycles. The standard InChI is InChI=1S/C11H23NS/c1-2-7-12-8-9-13-10-11-5-3-4-6-11/h11-12H,2-10H2,1H3. The van der Waals surface area contributed by atoms with Crippen LogP contribution in [0, 0.1) is 5.92 Å². The van der Waals surface area contributed by atoms with Crippen molar-refractivity contribution in [2.45, 2.75) is 39.0 Å². The minimum absolute atomic E-state index is 1.05. The second-order valence-corrected chi connectivity index (χ2v) is 5.13. The summed E-state index contributed by atoms with van der Waals surface area (Å²) in [6, 6.07) is 0. The van der Waals surface area contributed by atoms with Crippen LogP contribution in [0.4, 0.5) is 0 Å². The maximum absolute atomic E-state index is 3.44. The molecular weight excluding hydrogens is 178 g/mol. The van der Waals surface area contributed by atoms with E-state index in [1.54, 1.807) is 0 Å². The molecule has 0 aromatic heterocycles. The van der Waals surface area contributed by atoms with Crippen LogP contribution in [0.5, 0.6) is 0 Å². The van der Waals surface area contributed by atoms with Gasteiger partial charge in [-0.2, -0.15) is 11.8 Å². The molecule has 0 aliphatic heterocycles. The van der Waals surface area contributed by atoms with Gasteiger partial charge >= 0.3 is 0 Å². The first-order valence-electron chi connectivity index (χ1n) is 5.72. The minimum Gasteiger partial charge on any atom is -0.316 e. The second-order valence-electron chi connectivity index (χ2n) is 3.98. The predicted molar refractivity (Wildman–Crippen MR) is 62.4 cm³/mol. The summed E-state index contributed by atoms with van der Waals surface area (Å²) in [5.74, 6) is 3.76. The molecule has 1 aliphatic rings. The third-order valence-corrected chi connectivity index (χ3v) is 3.88. The van der Waals surface area contributed by atoms with Crippen LogP contribution in [0.15, 0.2) is 0 Å². The molecule has 1 N–H and O–H groups in total. The van der Waals surface area contributed by atoms with Gasteiger partial charge in [0, 0.05) is 12.3 Å². The van der Waals surface area contributed by atoms with Crippen molar-refractivity contribution >= 4 is 11.8 Å². The normalized spacial score (nSPS) is 18.2. The van der Waals surface area contributed by atoms with Gasteiger partial charge in [0.05, 0.1) is 0 Å². The fraction of sp³-hybridized carbons (Fsp3) is 1.00. The summed E-state index contributed by atoms with van der Waals surface area (Å²) in [5, 5.41) is 3.44. The van der Waals surface area contributed by atoms with Gasteiger partial charge in [-0.3, -0.25) is 0 Å². The highest BCUT2D eigenvalue weighted by Crippen LogP contribution is 2.27. The Labute approximate surface area is 87.1 Å². The summed E-state index contributed by atoms with van der Waals surface area (Å²) in [7, 11) is 0. The highest BCUT2D eigenvalue weighted by molar-refractivity contribution is 7.99. The maximum Gasteiger partial charge on any atom is 0.00582 e. The zero-order valence-electron chi connectivity index (χ0n) is 8.85. The van der Waals surface area contributed by atoms with Gasteiger partial charge < -0.3 is 5.32 Å². The first-order chi connectivity index (χ1) is 6.43. The molecule has 0 radical (unpaired) electrons. The van der Waals surface area contributed by atoms with Crippen LogP contribution in [0.2, 0.25) is 0 Å². The fourth-order valence-corrected chi connectivity index (χ4v) is 3.00. The molecule has 1 aliphatic carbocycles. The topological polar surface area (TPSA) is 12.0 Å². The minimum atomic E-state index is 1.05.